The Hall–Kier alpha value is -3.00. The van der Waals surface area contributed by atoms with Crippen LogP contribution in [0.15, 0.2) is 54.6 Å². The van der Waals surface area contributed by atoms with Gasteiger partial charge in [0.2, 0.25) is 5.91 Å². The van der Waals surface area contributed by atoms with Gasteiger partial charge >= 0.3 is 0 Å². The van der Waals surface area contributed by atoms with Crippen molar-refractivity contribution in [2.45, 2.75) is 38.3 Å². The molecule has 8 heteroatoms. The van der Waals surface area contributed by atoms with Gasteiger partial charge in [-0.1, -0.05) is 30.3 Å². The number of rotatable bonds is 11. The minimum atomic E-state index is -0.640. The molecule has 1 aliphatic heterocycles. The Balaban J connectivity index is 1.49. The minimum Gasteiger partial charge on any atom is -0.484 e. The first-order valence-corrected chi connectivity index (χ1v) is 13.1. The number of carbonyl (C=O) groups excluding carboxylic acids is 3. The summed E-state index contributed by atoms with van der Waals surface area (Å²) in [5.41, 5.74) is 1.56. The summed E-state index contributed by atoms with van der Waals surface area (Å²) in [6.07, 6.45) is 5.78. The maximum Gasteiger partial charge on any atom is 0.258 e. The van der Waals surface area contributed by atoms with Crippen LogP contribution in [0.2, 0.25) is 0 Å². The summed E-state index contributed by atoms with van der Waals surface area (Å²) in [6, 6.07) is 15.8. The van der Waals surface area contributed by atoms with Gasteiger partial charge < -0.3 is 20.3 Å². The number of thioether (sulfide) groups is 1. The molecule has 2 N–H and O–H groups in total. The summed E-state index contributed by atoms with van der Waals surface area (Å²) in [6.45, 7) is 1.80. The maximum absolute atomic E-state index is 12.8. The van der Waals surface area contributed by atoms with Crippen molar-refractivity contribution in [3.05, 3.63) is 65.7 Å². The molecule has 1 saturated heterocycles. The van der Waals surface area contributed by atoms with Crippen LogP contribution in [-0.2, 0) is 16.1 Å². The second-order valence-corrected chi connectivity index (χ2v) is 9.26. The molecule has 2 aromatic carbocycles. The van der Waals surface area contributed by atoms with Gasteiger partial charge in [-0.05, 0) is 67.5 Å². The van der Waals surface area contributed by atoms with E-state index in [0.717, 1.165) is 37.2 Å². The second kappa shape index (κ2) is 13.6. The summed E-state index contributed by atoms with van der Waals surface area (Å²) in [4.78, 5) is 39.6. The van der Waals surface area contributed by atoms with Gasteiger partial charge in [-0.3, -0.25) is 14.4 Å². The van der Waals surface area contributed by atoms with Gasteiger partial charge in [0.15, 0.2) is 6.61 Å². The van der Waals surface area contributed by atoms with Crippen LogP contribution in [0.1, 0.15) is 41.6 Å². The van der Waals surface area contributed by atoms with Crippen LogP contribution in [0.5, 0.6) is 5.75 Å². The number of ether oxygens (including phenoxy) is 1. The van der Waals surface area contributed by atoms with Gasteiger partial charge in [0.1, 0.15) is 11.8 Å². The molecule has 0 radical (unpaired) electrons. The Morgan fingerprint density at radius 1 is 1.00 bits per heavy atom. The van der Waals surface area contributed by atoms with Gasteiger partial charge in [-0.2, -0.15) is 11.8 Å². The third kappa shape index (κ3) is 8.09. The van der Waals surface area contributed by atoms with E-state index >= 15 is 0 Å². The van der Waals surface area contributed by atoms with E-state index in [0.29, 0.717) is 24.3 Å². The molecular weight excluding hydrogens is 450 g/mol. The molecule has 0 aromatic heterocycles. The average molecular weight is 484 g/mol. The summed E-state index contributed by atoms with van der Waals surface area (Å²) < 4.78 is 5.48. The topological polar surface area (TPSA) is 87.7 Å². The number of hydrogen-bond donors (Lipinski definition) is 2. The standard InChI is InChI=1S/C26H33N3O4S/c1-34-17-14-23(28-24(30)19-33-22-8-4-2-5-9-22)25(31)27-18-20-10-12-21(13-11-20)26(32)29-15-6-3-7-16-29/h2,4-5,8-13,23H,3,6-7,14-19H2,1H3,(H,27,31)(H,28,30). The molecule has 34 heavy (non-hydrogen) atoms. The molecule has 182 valence electrons. The first-order valence-electron chi connectivity index (χ1n) is 11.7. The molecule has 1 aliphatic rings. The van der Waals surface area contributed by atoms with Gasteiger partial charge in [-0.15, -0.1) is 0 Å². The van der Waals surface area contributed by atoms with Crippen LogP contribution in [0.4, 0.5) is 0 Å². The van der Waals surface area contributed by atoms with Crippen molar-refractivity contribution in [3.63, 3.8) is 0 Å². The number of carbonyl (C=O) groups is 3. The van der Waals surface area contributed by atoms with Crippen LogP contribution in [0, 0.1) is 0 Å². The molecule has 0 bridgehead atoms. The first-order chi connectivity index (χ1) is 16.6. The van der Waals surface area contributed by atoms with E-state index in [1.165, 1.54) is 6.42 Å². The third-order valence-electron chi connectivity index (χ3n) is 5.69. The monoisotopic (exact) mass is 483 g/mol. The zero-order chi connectivity index (χ0) is 24.2. The fraction of sp³-hybridized carbons (Fsp3) is 0.423. The average Bonchev–Trinajstić information content (AvgIpc) is 2.89. The molecule has 1 unspecified atom stereocenters. The number of para-hydroxylation sites is 1. The van der Waals surface area contributed by atoms with Gasteiger partial charge in [0, 0.05) is 25.2 Å². The molecule has 1 atom stereocenters. The van der Waals surface area contributed by atoms with E-state index in [1.807, 2.05) is 53.6 Å². The Morgan fingerprint density at radius 3 is 2.38 bits per heavy atom. The predicted octanol–water partition coefficient (Wildman–Crippen LogP) is 3.25. The third-order valence-corrected chi connectivity index (χ3v) is 6.33. The quantitative estimate of drug-likeness (QED) is 0.512. The molecular formula is C26H33N3O4S. The normalized spacial score (nSPS) is 14.2. The van der Waals surface area contributed by atoms with Crippen LogP contribution >= 0.6 is 11.8 Å². The van der Waals surface area contributed by atoms with E-state index < -0.39 is 6.04 Å². The molecule has 0 saturated carbocycles. The zero-order valence-electron chi connectivity index (χ0n) is 19.6. The Bertz CT molecular complexity index is 931. The molecule has 2 aromatic rings. The highest BCUT2D eigenvalue weighted by atomic mass is 32.2. The van der Waals surface area contributed by atoms with Crippen molar-refractivity contribution >= 4 is 29.5 Å². The van der Waals surface area contributed by atoms with Crippen LogP contribution in [-0.4, -0.2) is 60.4 Å². The fourth-order valence-electron chi connectivity index (χ4n) is 3.76. The summed E-state index contributed by atoms with van der Waals surface area (Å²) in [5, 5.41) is 5.68. The highest BCUT2D eigenvalue weighted by molar-refractivity contribution is 7.98. The SMILES string of the molecule is CSCCC(NC(=O)COc1ccccc1)C(=O)NCc1ccc(C(=O)N2CCCCC2)cc1. The Morgan fingerprint density at radius 2 is 1.71 bits per heavy atom. The Labute approximate surface area is 205 Å². The summed E-state index contributed by atoms with van der Waals surface area (Å²) in [7, 11) is 0. The molecule has 1 heterocycles. The van der Waals surface area contributed by atoms with Crippen molar-refractivity contribution in [1.29, 1.82) is 0 Å². The molecule has 3 rings (SSSR count). The van der Waals surface area contributed by atoms with Crippen LogP contribution < -0.4 is 15.4 Å². The first kappa shape index (κ1) is 25.6. The molecule has 0 aliphatic carbocycles. The number of piperidine rings is 1. The lowest BCUT2D eigenvalue weighted by atomic mass is 10.1. The van der Waals surface area contributed by atoms with Crippen LogP contribution in [0.25, 0.3) is 0 Å². The van der Waals surface area contributed by atoms with E-state index in [4.69, 9.17) is 4.74 Å². The highest BCUT2D eigenvalue weighted by Gasteiger charge is 2.21. The minimum absolute atomic E-state index is 0.0628. The van der Waals surface area contributed by atoms with E-state index in [9.17, 15) is 14.4 Å². The van der Waals surface area contributed by atoms with Crippen molar-refractivity contribution in [1.82, 2.24) is 15.5 Å². The molecule has 3 amide bonds. The molecule has 0 spiro atoms. The number of likely N-dealkylation sites (tertiary alicyclic amines) is 1. The molecule has 1 fully saturated rings. The predicted molar refractivity (Wildman–Crippen MR) is 135 cm³/mol. The van der Waals surface area contributed by atoms with Crippen molar-refractivity contribution in [2.24, 2.45) is 0 Å². The molecule has 7 nitrogen and oxygen atoms in total. The van der Waals surface area contributed by atoms with E-state index in [-0.39, 0.29) is 24.3 Å². The highest BCUT2D eigenvalue weighted by Crippen LogP contribution is 2.14. The van der Waals surface area contributed by atoms with Crippen molar-refractivity contribution in [2.75, 3.05) is 31.7 Å². The zero-order valence-corrected chi connectivity index (χ0v) is 20.4. The van der Waals surface area contributed by atoms with Crippen molar-refractivity contribution in [3.8, 4) is 5.75 Å². The number of nitrogens with zero attached hydrogens (tertiary/aromatic N) is 1. The number of nitrogens with one attached hydrogen (secondary N) is 2. The van der Waals surface area contributed by atoms with E-state index in [1.54, 1.807) is 23.9 Å². The largest absolute Gasteiger partial charge is 0.484 e. The summed E-state index contributed by atoms with van der Waals surface area (Å²) >= 11 is 1.62. The van der Waals surface area contributed by atoms with E-state index in [2.05, 4.69) is 10.6 Å². The number of hydrogen-bond acceptors (Lipinski definition) is 5. The number of amides is 3. The van der Waals surface area contributed by atoms with Gasteiger partial charge in [0.05, 0.1) is 0 Å². The van der Waals surface area contributed by atoms with Gasteiger partial charge in [0.25, 0.3) is 11.8 Å². The van der Waals surface area contributed by atoms with Gasteiger partial charge in [-0.25, -0.2) is 0 Å². The fourth-order valence-corrected chi connectivity index (χ4v) is 4.23. The lowest BCUT2D eigenvalue weighted by Crippen LogP contribution is -2.48. The number of benzene rings is 2. The van der Waals surface area contributed by atoms with Crippen molar-refractivity contribution < 1.29 is 19.1 Å². The maximum atomic E-state index is 12.8. The summed E-state index contributed by atoms with van der Waals surface area (Å²) in [5.74, 6) is 0.824. The Kier molecular flexibility index (Phi) is 10.3. The smallest absolute Gasteiger partial charge is 0.258 e. The second-order valence-electron chi connectivity index (χ2n) is 8.27. The lowest BCUT2D eigenvalue weighted by molar-refractivity contribution is -0.130. The van der Waals surface area contributed by atoms with Crippen LogP contribution in [0.3, 0.4) is 0 Å². The lowest BCUT2D eigenvalue weighted by Gasteiger charge is -2.26.